The van der Waals surface area contributed by atoms with E-state index in [4.69, 9.17) is 5.11 Å². The van der Waals surface area contributed by atoms with Gasteiger partial charge in [0.05, 0.1) is 0 Å². The van der Waals surface area contributed by atoms with E-state index in [0.717, 1.165) is 0 Å². The van der Waals surface area contributed by atoms with E-state index in [-0.39, 0.29) is 12.5 Å². The lowest BCUT2D eigenvalue weighted by atomic mass is 10.2. The molecule has 1 amide bonds. The van der Waals surface area contributed by atoms with Crippen LogP contribution in [0.4, 0.5) is 0 Å². The molecule has 0 aromatic heterocycles. The number of carboxylic acid groups (broad SMARTS) is 1. The Morgan fingerprint density at radius 3 is 2.54 bits per heavy atom. The molecule has 0 bridgehead atoms. The molecule has 0 heterocycles. The van der Waals surface area contributed by atoms with Gasteiger partial charge in [-0.05, 0) is 13.3 Å². The normalized spacial score (nSPS) is 9.31. The summed E-state index contributed by atoms with van der Waals surface area (Å²) in [5.41, 5.74) is 0. The minimum absolute atomic E-state index is 0.134. The summed E-state index contributed by atoms with van der Waals surface area (Å²) in [6.45, 7) is 5.47. The fourth-order valence-corrected chi connectivity index (χ4v) is 0.923. The average Bonchev–Trinajstić information content (AvgIpc) is 2.09. The molecule has 0 fully saturated rings. The highest BCUT2D eigenvalue weighted by molar-refractivity contribution is 5.81. The van der Waals surface area contributed by atoms with E-state index < -0.39 is 5.97 Å². The van der Waals surface area contributed by atoms with Gasteiger partial charge >= 0.3 is 5.97 Å². The Morgan fingerprint density at radius 1 is 1.54 bits per heavy atom. The predicted octanol–water partition coefficient (Wildman–Crippen LogP) is 0.886. The molecule has 0 aromatic rings. The van der Waals surface area contributed by atoms with Crippen LogP contribution in [0.15, 0.2) is 12.7 Å². The van der Waals surface area contributed by atoms with E-state index in [1.54, 1.807) is 13.0 Å². The van der Waals surface area contributed by atoms with Crippen molar-refractivity contribution in [3.63, 3.8) is 0 Å². The number of hydrogen-bond donors (Lipinski definition) is 1. The number of likely N-dealkylation sites (N-methyl/N-ethyl adjacent to an activating group) is 1. The van der Waals surface area contributed by atoms with Gasteiger partial charge in [-0.1, -0.05) is 6.08 Å². The number of allylic oxidation sites excluding steroid dienone is 1. The molecule has 4 heteroatoms. The van der Waals surface area contributed by atoms with E-state index in [1.165, 1.54) is 4.90 Å². The van der Waals surface area contributed by atoms with Crippen molar-refractivity contribution in [3.8, 4) is 0 Å². The molecule has 0 aromatic carbocycles. The Morgan fingerprint density at radius 2 is 2.15 bits per heavy atom. The van der Waals surface area contributed by atoms with Gasteiger partial charge < -0.3 is 10.0 Å². The van der Waals surface area contributed by atoms with Crippen LogP contribution in [-0.2, 0) is 9.59 Å². The molecule has 74 valence electrons. The average molecular weight is 185 g/mol. The quantitative estimate of drug-likeness (QED) is 0.625. The summed E-state index contributed by atoms with van der Waals surface area (Å²) in [7, 11) is 0. The minimum Gasteiger partial charge on any atom is -0.480 e. The van der Waals surface area contributed by atoms with E-state index in [0.29, 0.717) is 19.4 Å². The Hall–Kier alpha value is -1.32. The van der Waals surface area contributed by atoms with Crippen LogP contribution in [0.1, 0.15) is 19.8 Å². The first-order valence-electron chi connectivity index (χ1n) is 4.22. The smallest absolute Gasteiger partial charge is 0.323 e. The van der Waals surface area contributed by atoms with Crippen LogP contribution in [0.25, 0.3) is 0 Å². The molecule has 1 N–H and O–H groups in total. The second kappa shape index (κ2) is 6.22. The summed E-state index contributed by atoms with van der Waals surface area (Å²) < 4.78 is 0. The molecule has 0 spiro atoms. The second-order valence-corrected chi connectivity index (χ2v) is 2.63. The van der Waals surface area contributed by atoms with Crippen LogP contribution in [0, 0.1) is 0 Å². The van der Waals surface area contributed by atoms with Gasteiger partial charge in [-0.2, -0.15) is 0 Å². The number of nitrogens with zero attached hydrogens (tertiary/aromatic N) is 1. The molecule has 0 unspecified atom stereocenters. The zero-order valence-corrected chi connectivity index (χ0v) is 7.82. The first-order valence-corrected chi connectivity index (χ1v) is 4.22. The predicted molar refractivity (Wildman–Crippen MR) is 49.3 cm³/mol. The number of aliphatic carboxylic acids is 1. The van der Waals surface area contributed by atoms with Crippen molar-refractivity contribution in [3.05, 3.63) is 12.7 Å². The molecule has 0 aliphatic rings. The van der Waals surface area contributed by atoms with E-state index in [9.17, 15) is 9.59 Å². The molecule has 0 atom stereocenters. The van der Waals surface area contributed by atoms with Crippen molar-refractivity contribution in [2.24, 2.45) is 0 Å². The maximum atomic E-state index is 11.3. The van der Waals surface area contributed by atoms with E-state index >= 15 is 0 Å². The molecular weight excluding hydrogens is 170 g/mol. The zero-order valence-electron chi connectivity index (χ0n) is 7.82. The Bertz CT molecular complexity index is 201. The van der Waals surface area contributed by atoms with Gasteiger partial charge in [0.2, 0.25) is 5.91 Å². The third-order valence-electron chi connectivity index (χ3n) is 1.62. The maximum absolute atomic E-state index is 11.3. The first kappa shape index (κ1) is 11.7. The largest absolute Gasteiger partial charge is 0.480 e. The van der Waals surface area contributed by atoms with Gasteiger partial charge in [-0.25, -0.2) is 0 Å². The Balaban J connectivity index is 3.98. The summed E-state index contributed by atoms with van der Waals surface area (Å²) in [5.74, 6) is -1.11. The number of hydrogen-bond acceptors (Lipinski definition) is 2. The van der Waals surface area contributed by atoms with Gasteiger partial charge in [-0.3, -0.25) is 9.59 Å². The van der Waals surface area contributed by atoms with Crippen molar-refractivity contribution < 1.29 is 14.7 Å². The van der Waals surface area contributed by atoms with E-state index in [1.807, 2.05) is 0 Å². The van der Waals surface area contributed by atoms with Crippen molar-refractivity contribution in [2.45, 2.75) is 19.8 Å². The molecule has 0 radical (unpaired) electrons. The van der Waals surface area contributed by atoms with Crippen LogP contribution < -0.4 is 0 Å². The van der Waals surface area contributed by atoms with Gasteiger partial charge in [-0.15, -0.1) is 6.58 Å². The zero-order chi connectivity index (χ0) is 10.3. The topological polar surface area (TPSA) is 57.6 Å². The van der Waals surface area contributed by atoms with Crippen LogP contribution in [0.5, 0.6) is 0 Å². The van der Waals surface area contributed by atoms with Crippen LogP contribution in [0.2, 0.25) is 0 Å². The highest BCUT2D eigenvalue weighted by atomic mass is 16.4. The molecule has 13 heavy (non-hydrogen) atoms. The Labute approximate surface area is 77.8 Å². The first-order chi connectivity index (χ1) is 6.11. The highest BCUT2D eigenvalue weighted by Gasteiger charge is 2.13. The summed E-state index contributed by atoms with van der Waals surface area (Å²) in [5, 5.41) is 8.48. The fraction of sp³-hybridized carbons (Fsp3) is 0.556. The van der Waals surface area contributed by atoms with Crippen LogP contribution in [-0.4, -0.2) is 35.0 Å². The van der Waals surface area contributed by atoms with Crippen LogP contribution >= 0.6 is 0 Å². The summed E-state index contributed by atoms with van der Waals surface area (Å²) in [6.07, 6.45) is 2.58. The highest BCUT2D eigenvalue weighted by Crippen LogP contribution is 1.97. The van der Waals surface area contributed by atoms with Crippen molar-refractivity contribution in [1.82, 2.24) is 4.90 Å². The number of carboxylic acids is 1. The number of amides is 1. The lowest BCUT2D eigenvalue weighted by Gasteiger charge is -2.17. The third-order valence-corrected chi connectivity index (χ3v) is 1.62. The number of rotatable bonds is 6. The standard InChI is InChI=1S/C9H15NO3/c1-3-5-6-8(11)10(4-2)7-9(12)13/h3H,1,4-7H2,2H3,(H,12,13). The lowest BCUT2D eigenvalue weighted by molar-refractivity contribution is -0.144. The summed E-state index contributed by atoms with van der Waals surface area (Å²) in [6, 6.07) is 0. The van der Waals surface area contributed by atoms with Gasteiger partial charge in [0, 0.05) is 13.0 Å². The molecule has 0 saturated carbocycles. The maximum Gasteiger partial charge on any atom is 0.323 e. The van der Waals surface area contributed by atoms with Gasteiger partial charge in [0.25, 0.3) is 0 Å². The second-order valence-electron chi connectivity index (χ2n) is 2.63. The third kappa shape index (κ3) is 5.00. The Kier molecular flexibility index (Phi) is 5.59. The van der Waals surface area contributed by atoms with Gasteiger partial charge in [0.15, 0.2) is 0 Å². The van der Waals surface area contributed by atoms with Crippen molar-refractivity contribution >= 4 is 11.9 Å². The number of carbonyl (C=O) groups is 2. The molecule has 0 aliphatic heterocycles. The molecule has 4 nitrogen and oxygen atoms in total. The van der Waals surface area contributed by atoms with Crippen molar-refractivity contribution in [2.75, 3.05) is 13.1 Å². The molecule has 0 aliphatic carbocycles. The summed E-state index contributed by atoms with van der Waals surface area (Å²) >= 11 is 0. The fourth-order valence-electron chi connectivity index (χ4n) is 0.923. The summed E-state index contributed by atoms with van der Waals surface area (Å²) in [4.78, 5) is 22.9. The monoisotopic (exact) mass is 185 g/mol. The molecule has 0 saturated heterocycles. The van der Waals surface area contributed by atoms with E-state index in [2.05, 4.69) is 6.58 Å². The molecular formula is C9H15NO3. The van der Waals surface area contributed by atoms with Crippen LogP contribution in [0.3, 0.4) is 0 Å². The van der Waals surface area contributed by atoms with Gasteiger partial charge in [0.1, 0.15) is 6.54 Å². The number of carbonyl (C=O) groups excluding carboxylic acids is 1. The molecule has 0 rings (SSSR count). The minimum atomic E-state index is -0.978. The SMILES string of the molecule is C=CCCC(=O)N(CC)CC(=O)O. The lowest BCUT2D eigenvalue weighted by Crippen LogP contribution is -2.35. The van der Waals surface area contributed by atoms with Crippen molar-refractivity contribution in [1.29, 1.82) is 0 Å².